The largest absolute Gasteiger partial charge is 1.00 e. The van der Waals surface area contributed by atoms with Crippen LogP contribution in [0.2, 0.25) is 5.82 Å². The molecule has 0 aliphatic rings. The van der Waals surface area contributed by atoms with Gasteiger partial charge in [-0.2, -0.15) is 0 Å². The van der Waals surface area contributed by atoms with Gasteiger partial charge in [0.2, 0.25) is 0 Å². The molecule has 0 N–H and O–H groups in total. The standard InChI is InChI=1S/CH4O3Se.Li/c1-5(2,3)4;/h1H3,(H,2,3,4);/q;+1/p-1. The molecule has 0 saturated carbocycles. The molecule has 0 heterocycles. The van der Waals surface area contributed by atoms with E-state index in [0.717, 1.165) is 0 Å². The third-order valence-corrected chi connectivity index (χ3v) is 0. The van der Waals surface area contributed by atoms with Crippen molar-refractivity contribution in [2.75, 3.05) is 0 Å². The molecule has 0 spiro atoms. The molecule has 0 aromatic rings. The Kier molecular flexibility index (Phi) is 4.57. The van der Waals surface area contributed by atoms with Gasteiger partial charge in [-0.25, -0.2) is 0 Å². The number of rotatable bonds is 0. The average molecular weight is 149 g/mol. The first-order valence-corrected chi connectivity index (χ1v) is 4.72. The minimum atomic E-state index is -4.50. The Bertz CT molecular complexity index is 94.0. The molecule has 3 nitrogen and oxygen atoms in total. The summed E-state index contributed by atoms with van der Waals surface area (Å²) in [7, 11) is 0. The van der Waals surface area contributed by atoms with Gasteiger partial charge in [-0.1, -0.05) is 0 Å². The quantitative estimate of drug-likeness (QED) is 0.328. The Morgan fingerprint density at radius 1 is 1.50 bits per heavy atom. The van der Waals surface area contributed by atoms with Crippen molar-refractivity contribution < 1.29 is 30.7 Å². The monoisotopic (exact) mass is 150 g/mol. The number of hydrogen-bond acceptors (Lipinski definition) is 3. The Labute approximate surface area is 49.9 Å². The van der Waals surface area contributed by atoms with Crippen LogP contribution in [0.25, 0.3) is 0 Å². The molecule has 0 aliphatic carbocycles. The molecule has 0 radical (unpaired) electrons. The van der Waals surface area contributed by atoms with Crippen molar-refractivity contribution in [2.45, 2.75) is 5.82 Å². The van der Waals surface area contributed by atoms with Crippen molar-refractivity contribution >= 4 is 13.0 Å². The summed E-state index contributed by atoms with van der Waals surface area (Å²) in [6, 6.07) is 0. The molecule has 5 heteroatoms. The molecule has 0 fully saturated rings. The summed E-state index contributed by atoms with van der Waals surface area (Å²) in [6.45, 7) is 0. The third-order valence-electron chi connectivity index (χ3n) is 0. The average Bonchev–Trinajstić information content (AvgIpc) is 0.722. The fourth-order valence-corrected chi connectivity index (χ4v) is 0. The van der Waals surface area contributed by atoms with Gasteiger partial charge in [0.25, 0.3) is 0 Å². The molecular weight excluding hydrogens is 146 g/mol. The minimum Gasteiger partial charge on any atom is 1.00 e. The van der Waals surface area contributed by atoms with Crippen LogP contribution in [0.5, 0.6) is 0 Å². The van der Waals surface area contributed by atoms with Gasteiger partial charge in [0.15, 0.2) is 0 Å². The summed E-state index contributed by atoms with van der Waals surface area (Å²) in [5, 5.41) is 0. The topological polar surface area (TPSA) is 57.2 Å². The molecule has 6 heavy (non-hydrogen) atoms. The fraction of sp³-hybridized carbons (Fsp3) is 1.00. The first kappa shape index (κ1) is 9.84. The van der Waals surface area contributed by atoms with Crippen LogP contribution < -0.4 is 23.0 Å². The molecule has 0 aliphatic heterocycles. The molecule has 0 unspecified atom stereocenters. The van der Waals surface area contributed by atoms with Crippen LogP contribution in [0.1, 0.15) is 0 Å². The summed E-state index contributed by atoms with van der Waals surface area (Å²) in [6.07, 6.45) is 0. The van der Waals surface area contributed by atoms with Crippen LogP contribution in [0, 0.1) is 0 Å². The first-order valence-electron chi connectivity index (χ1n) is 0.908. The molecule has 0 atom stereocenters. The first-order chi connectivity index (χ1) is 2.00. The maximum Gasteiger partial charge on any atom is 1.00 e. The summed E-state index contributed by atoms with van der Waals surface area (Å²) < 4.78 is 27.4. The van der Waals surface area contributed by atoms with E-state index in [1.54, 1.807) is 0 Å². The zero-order valence-electron chi connectivity index (χ0n) is 3.63. The van der Waals surface area contributed by atoms with Crippen molar-refractivity contribution in [3.8, 4) is 0 Å². The van der Waals surface area contributed by atoms with Gasteiger partial charge in [0, 0.05) is 0 Å². The molecule has 0 aromatic carbocycles. The van der Waals surface area contributed by atoms with Gasteiger partial charge in [-0.15, -0.1) is 0 Å². The van der Waals surface area contributed by atoms with Gasteiger partial charge >= 0.3 is 49.6 Å². The second kappa shape index (κ2) is 2.79. The maximum absolute atomic E-state index is 9.15. The zero-order valence-corrected chi connectivity index (χ0v) is 5.35. The van der Waals surface area contributed by atoms with Crippen LogP contribution in [0.4, 0.5) is 0 Å². The Morgan fingerprint density at radius 2 is 1.50 bits per heavy atom. The van der Waals surface area contributed by atoms with E-state index in [2.05, 4.69) is 0 Å². The Balaban J connectivity index is 0. The van der Waals surface area contributed by atoms with Crippen LogP contribution in [0.3, 0.4) is 0 Å². The molecule has 0 saturated heterocycles. The van der Waals surface area contributed by atoms with Crippen molar-refractivity contribution in [1.82, 2.24) is 0 Å². The van der Waals surface area contributed by atoms with Gasteiger partial charge < -0.3 is 0 Å². The van der Waals surface area contributed by atoms with E-state index in [0.29, 0.717) is 5.82 Å². The Morgan fingerprint density at radius 3 is 1.50 bits per heavy atom. The van der Waals surface area contributed by atoms with Crippen LogP contribution in [-0.4, -0.2) is 13.0 Å². The van der Waals surface area contributed by atoms with Crippen LogP contribution >= 0.6 is 0 Å². The molecule has 0 rings (SSSR count). The van der Waals surface area contributed by atoms with Gasteiger partial charge in [0.05, 0.1) is 0 Å². The fourth-order valence-electron chi connectivity index (χ4n) is 0. The predicted molar refractivity (Wildman–Crippen MR) is 13.0 cm³/mol. The van der Waals surface area contributed by atoms with Gasteiger partial charge in [0.1, 0.15) is 0 Å². The van der Waals surface area contributed by atoms with Gasteiger partial charge in [-0.05, 0) is 0 Å². The summed E-state index contributed by atoms with van der Waals surface area (Å²) in [5.41, 5.74) is 0. The van der Waals surface area contributed by atoms with Gasteiger partial charge in [-0.3, -0.25) is 0 Å². The third kappa shape index (κ3) is 138. The number of hydrogen-bond donors (Lipinski definition) is 0. The van der Waals surface area contributed by atoms with Crippen molar-refractivity contribution in [3.05, 3.63) is 0 Å². The molecule has 0 aromatic heterocycles. The van der Waals surface area contributed by atoms with Crippen molar-refractivity contribution in [2.24, 2.45) is 0 Å². The SMILES string of the molecule is C[Se](=O)(=O)[O-].[Li+]. The van der Waals surface area contributed by atoms with E-state index in [1.807, 2.05) is 0 Å². The molecule has 0 amide bonds. The zero-order chi connectivity index (χ0) is 4.50. The van der Waals surface area contributed by atoms with E-state index in [1.165, 1.54) is 0 Å². The van der Waals surface area contributed by atoms with Crippen molar-refractivity contribution in [1.29, 1.82) is 0 Å². The summed E-state index contributed by atoms with van der Waals surface area (Å²) in [4.78, 5) is 0. The van der Waals surface area contributed by atoms with E-state index in [4.69, 9.17) is 11.9 Å². The molecular formula is CH3LiO3Se. The summed E-state index contributed by atoms with van der Waals surface area (Å²) >= 11 is -4.50. The summed E-state index contributed by atoms with van der Waals surface area (Å²) in [5.74, 6) is 0.677. The van der Waals surface area contributed by atoms with Crippen molar-refractivity contribution in [3.63, 3.8) is 0 Å². The minimum absolute atomic E-state index is 0. The Hall–Kier alpha value is 0.677. The maximum atomic E-state index is 9.15. The van der Waals surface area contributed by atoms with E-state index in [-0.39, 0.29) is 18.9 Å². The smallest absolute Gasteiger partial charge is 1.00 e. The normalized spacial score (nSPS) is 9.67. The van der Waals surface area contributed by atoms with E-state index in [9.17, 15) is 0 Å². The van der Waals surface area contributed by atoms with Crippen LogP contribution in [0.15, 0.2) is 0 Å². The molecule has 0 bridgehead atoms. The van der Waals surface area contributed by atoms with Crippen LogP contribution in [-0.2, 0) is 7.67 Å². The van der Waals surface area contributed by atoms with E-state index < -0.39 is 13.0 Å². The predicted octanol–water partition coefficient (Wildman–Crippen LogP) is -4.22. The van der Waals surface area contributed by atoms with E-state index >= 15 is 0 Å². The second-order valence-corrected chi connectivity index (χ2v) is 3.66. The second-order valence-electron chi connectivity index (χ2n) is 0.704. The molecule has 32 valence electrons.